The first-order chi connectivity index (χ1) is 4.88. The summed E-state index contributed by atoms with van der Waals surface area (Å²) >= 11 is -2.04. The van der Waals surface area contributed by atoms with Crippen LogP contribution in [0.2, 0.25) is 0 Å². The molecule has 0 saturated carbocycles. The summed E-state index contributed by atoms with van der Waals surface area (Å²) in [6.45, 7) is 0. The van der Waals surface area contributed by atoms with Gasteiger partial charge in [0, 0.05) is 0 Å². The topological polar surface area (TPSA) is 32.6 Å². The summed E-state index contributed by atoms with van der Waals surface area (Å²) in [6.07, 6.45) is 1.76. The van der Waals surface area contributed by atoms with Crippen LogP contribution in [0.1, 0.15) is 5.56 Å². The molecule has 1 N–H and O–H groups in total. The van der Waals surface area contributed by atoms with Gasteiger partial charge in [0.1, 0.15) is 0 Å². The van der Waals surface area contributed by atoms with Gasteiger partial charge in [-0.3, -0.25) is 0 Å². The molecule has 0 aliphatic carbocycles. The Morgan fingerprint density at radius 3 is 2.90 bits per heavy atom. The fourth-order valence-corrected chi connectivity index (χ4v) is 3.15. The zero-order chi connectivity index (χ0) is 6.97. The average Bonchev–Trinajstić information content (AvgIpc) is 2.34. The van der Waals surface area contributed by atoms with Crippen molar-refractivity contribution in [2.45, 2.75) is 0 Å². The second-order valence-corrected chi connectivity index (χ2v) is 5.11. The molecule has 1 aromatic rings. The van der Waals surface area contributed by atoms with Crippen molar-refractivity contribution in [3.8, 4) is 0 Å². The van der Waals surface area contributed by atoms with Crippen molar-refractivity contribution in [2.75, 3.05) is 0 Å². The molecule has 1 aromatic carbocycles. The molecule has 0 aromatic heterocycles. The summed E-state index contributed by atoms with van der Waals surface area (Å²) < 4.78 is 14.4. The van der Waals surface area contributed by atoms with Crippen LogP contribution in [0.5, 0.6) is 0 Å². The van der Waals surface area contributed by atoms with Crippen molar-refractivity contribution in [3.63, 3.8) is 0 Å². The monoisotopic (exact) mass is 247 g/mol. The summed E-state index contributed by atoms with van der Waals surface area (Å²) in [4.78, 5) is 0. The Kier molecular flexibility index (Phi) is 1.46. The molecule has 0 spiro atoms. The second kappa shape index (κ2) is 2.32. The van der Waals surface area contributed by atoms with Crippen LogP contribution in [-0.4, -0.2) is 9.65 Å². The van der Waals surface area contributed by atoms with E-state index in [9.17, 15) is 3.44 Å². The van der Waals surface area contributed by atoms with Crippen LogP contribution in [0.15, 0.2) is 27.5 Å². The third kappa shape index (κ3) is 0.856. The van der Waals surface area contributed by atoms with Crippen molar-refractivity contribution in [1.82, 2.24) is 0 Å². The minimum atomic E-state index is -2.04. The van der Waals surface area contributed by atoms with Crippen molar-refractivity contribution in [3.05, 3.63) is 33.4 Å². The van der Waals surface area contributed by atoms with Crippen molar-refractivity contribution in [1.29, 1.82) is 0 Å². The van der Waals surface area contributed by atoms with Crippen LogP contribution in [0.3, 0.4) is 0 Å². The summed E-state index contributed by atoms with van der Waals surface area (Å²) in [5, 5.41) is 0. The van der Waals surface area contributed by atoms with Gasteiger partial charge in [0.05, 0.1) is 0 Å². The first-order valence-corrected chi connectivity index (χ1v) is 5.91. The fourth-order valence-electron chi connectivity index (χ4n) is 0.885. The first kappa shape index (κ1) is 6.30. The molecule has 0 bridgehead atoms. The first-order valence-electron chi connectivity index (χ1n) is 2.90. The standard InChI is InChI=1S/C7H6INO/c10-8-7-4-2-1-3-6(7)5-9-8/h1-5,10H. The van der Waals surface area contributed by atoms with Gasteiger partial charge in [-0.15, -0.1) is 0 Å². The molecule has 0 amide bonds. The van der Waals surface area contributed by atoms with Gasteiger partial charge in [-0.2, -0.15) is 0 Å². The van der Waals surface area contributed by atoms with Crippen LogP contribution in [-0.2, 0) is 0 Å². The number of fused-ring (bicyclic) bond motifs is 1. The number of benzene rings is 1. The maximum atomic E-state index is 9.34. The second-order valence-electron chi connectivity index (χ2n) is 1.99. The van der Waals surface area contributed by atoms with Gasteiger partial charge in [0.25, 0.3) is 0 Å². The number of rotatable bonds is 0. The van der Waals surface area contributed by atoms with Crippen LogP contribution < -0.4 is 0 Å². The molecule has 0 saturated heterocycles. The molecule has 10 heavy (non-hydrogen) atoms. The molecular weight excluding hydrogens is 241 g/mol. The Bertz CT molecular complexity index is 285. The van der Waals surface area contributed by atoms with E-state index in [2.05, 4.69) is 3.21 Å². The average molecular weight is 247 g/mol. The SMILES string of the molecule is OI1N=Cc2ccccc21. The Balaban J connectivity index is 2.59. The molecule has 2 nitrogen and oxygen atoms in total. The maximum absolute atomic E-state index is 9.34. The van der Waals surface area contributed by atoms with Crippen molar-refractivity contribution < 1.29 is 3.44 Å². The zero-order valence-corrected chi connectivity index (χ0v) is 7.32. The Morgan fingerprint density at radius 1 is 1.30 bits per heavy atom. The molecule has 1 aliphatic heterocycles. The van der Waals surface area contributed by atoms with E-state index in [0.29, 0.717) is 0 Å². The summed E-state index contributed by atoms with van der Waals surface area (Å²) in [6, 6.07) is 7.83. The molecule has 1 aliphatic rings. The molecule has 52 valence electrons. The Labute approximate surface area is 66.9 Å². The van der Waals surface area contributed by atoms with Crippen LogP contribution in [0.4, 0.5) is 0 Å². The molecule has 1 heterocycles. The van der Waals surface area contributed by atoms with Crippen LogP contribution in [0, 0.1) is 3.57 Å². The van der Waals surface area contributed by atoms with Crippen LogP contribution >= 0.6 is 20.5 Å². The molecule has 0 radical (unpaired) electrons. The third-order valence-electron chi connectivity index (χ3n) is 1.37. The molecule has 0 fully saturated rings. The zero-order valence-electron chi connectivity index (χ0n) is 5.16. The van der Waals surface area contributed by atoms with Gasteiger partial charge in [-0.25, -0.2) is 0 Å². The van der Waals surface area contributed by atoms with E-state index in [-0.39, 0.29) is 0 Å². The van der Waals surface area contributed by atoms with E-state index in [4.69, 9.17) is 0 Å². The van der Waals surface area contributed by atoms with Gasteiger partial charge in [0.15, 0.2) is 0 Å². The predicted octanol–water partition coefficient (Wildman–Crippen LogP) is 1.62. The molecule has 0 atom stereocenters. The number of hydrogen-bond donors (Lipinski definition) is 1. The van der Waals surface area contributed by atoms with E-state index < -0.39 is 20.5 Å². The van der Waals surface area contributed by atoms with Gasteiger partial charge in [-0.1, -0.05) is 0 Å². The van der Waals surface area contributed by atoms with Gasteiger partial charge in [0.2, 0.25) is 0 Å². The minimum absolute atomic E-state index is 1.06. The number of hydrogen-bond acceptors (Lipinski definition) is 2. The fraction of sp³-hybridized carbons (Fsp3) is 0. The summed E-state index contributed by atoms with van der Waals surface area (Å²) in [5.41, 5.74) is 1.09. The van der Waals surface area contributed by atoms with E-state index in [1.54, 1.807) is 6.21 Å². The third-order valence-corrected chi connectivity index (χ3v) is 4.20. The summed E-state index contributed by atoms with van der Waals surface area (Å²) in [5.74, 6) is 0. The normalized spacial score (nSPS) is 17.5. The predicted molar refractivity (Wildman–Crippen MR) is 49.0 cm³/mol. The van der Waals surface area contributed by atoms with Gasteiger partial charge >= 0.3 is 66.8 Å². The summed E-state index contributed by atoms with van der Waals surface area (Å²) in [7, 11) is 0. The van der Waals surface area contributed by atoms with E-state index >= 15 is 0 Å². The van der Waals surface area contributed by atoms with E-state index in [1.165, 1.54) is 0 Å². The number of halogens is 1. The Morgan fingerprint density at radius 2 is 2.10 bits per heavy atom. The molecule has 2 rings (SSSR count). The molecule has 0 unspecified atom stereocenters. The quantitative estimate of drug-likeness (QED) is 0.694. The van der Waals surface area contributed by atoms with Gasteiger partial charge < -0.3 is 0 Å². The van der Waals surface area contributed by atoms with E-state index in [0.717, 1.165) is 9.13 Å². The van der Waals surface area contributed by atoms with Crippen LogP contribution in [0.25, 0.3) is 0 Å². The van der Waals surface area contributed by atoms with Crippen molar-refractivity contribution in [2.24, 2.45) is 3.21 Å². The van der Waals surface area contributed by atoms with E-state index in [1.807, 2.05) is 24.3 Å². The van der Waals surface area contributed by atoms with Gasteiger partial charge in [-0.05, 0) is 0 Å². The van der Waals surface area contributed by atoms with Crippen molar-refractivity contribution >= 4 is 26.7 Å². The molecular formula is C7H6INO. The molecule has 3 heteroatoms. The number of nitrogens with zero attached hydrogens (tertiary/aromatic N) is 1. The Hall–Kier alpha value is -0.420.